The molecule has 44 heavy (non-hydrogen) atoms. The van der Waals surface area contributed by atoms with E-state index in [1.54, 1.807) is 22.8 Å². The number of halogens is 2. The summed E-state index contributed by atoms with van der Waals surface area (Å²) in [5.41, 5.74) is 4.68. The molecule has 1 aliphatic carbocycles. The molecule has 3 fully saturated rings. The van der Waals surface area contributed by atoms with Crippen molar-refractivity contribution in [1.29, 1.82) is 0 Å². The lowest BCUT2D eigenvalue weighted by molar-refractivity contribution is -0.0731. The van der Waals surface area contributed by atoms with E-state index < -0.39 is 5.95 Å². The number of ether oxygens (including phenoxy) is 1. The van der Waals surface area contributed by atoms with E-state index in [1.807, 2.05) is 12.1 Å². The molecule has 224 valence electrons. The van der Waals surface area contributed by atoms with E-state index in [9.17, 15) is 13.6 Å². The zero-order valence-corrected chi connectivity index (χ0v) is 24.1. The first-order chi connectivity index (χ1) is 21.5. The van der Waals surface area contributed by atoms with Gasteiger partial charge in [-0.1, -0.05) is 0 Å². The molecule has 0 radical (unpaired) electrons. The van der Waals surface area contributed by atoms with Crippen LogP contribution in [0.4, 0.5) is 8.78 Å². The minimum atomic E-state index is -0.695. The zero-order valence-electron chi connectivity index (χ0n) is 24.1. The van der Waals surface area contributed by atoms with Crippen LogP contribution in [-0.4, -0.2) is 72.2 Å². The molecule has 0 N–H and O–H groups in total. The summed E-state index contributed by atoms with van der Waals surface area (Å²) in [6, 6.07) is 13.7. The highest BCUT2D eigenvalue weighted by atomic mass is 19.1. The highest BCUT2D eigenvalue weighted by Gasteiger charge is 2.37. The maximum atomic E-state index is 14.0. The van der Waals surface area contributed by atoms with Crippen LogP contribution in [0.25, 0.3) is 28.3 Å². The topological polar surface area (TPSA) is 90.4 Å². The Morgan fingerprint density at radius 2 is 1.73 bits per heavy atom. The molecule has 0 unspecified atom stereocenters. The summed E-state index contributed by atoms with van der Waals surface area (Å²) >= 11 is 0. The summed E-state index contributed by atoms with van der Waals surface area (Å²) in [7, 11) is 0. The van der Waals surface area contributed by atoms with Gasteiger partial charge in [0.05, 0.1) is 49.0 Å². The number of imidazole rings is 2. The van der Waals surface area contributed by atoms with Crippen molar-refractivity contribution in [3.63, 3.8) is 0 Å². The normalized spacial score (nSPS) is 18.1. The number of carbonyl (C=O) groups excluding carboxylic acids is 1. The fourth-order valence-corrected chi connectivity index (χ4v) is 6.43. The van der Waals surface area contributed by atoms with Crippen LogP contribution >= 0.6 is 0 Å². The molecule has 11 heteroatoms. The van der Waals surface area contributed by atoms with Crippen molar-refractivity contribution in [3.8, 4) is 22.6 Å². The van der Waals surface area contributed by atoms with Crippen LogP contribution in [0.1, 0.15) is 59.5 Å². The Bertz CT molecular complexity index is 1850. The number of nitrogens with zero attached hydrogens (tertiary/aromatic N) is 7. The van der Waals surface area contributed by atoms with Crippen LogP contribution in [-0.2, 0) is 11.2 Å². The van der Waals surface area contributed by atoms with Gasteiger partial charge < -0.3 is 9.30 Å². The van der Waals surface area contributed by atoms with Crippen LogP contribution in [0.2, 0.25) is 0 Å². The van der Waals surface area contributed by atoms with E-state index >= 15 is 0 Å². The molecular weight excluding hydrogens is 564 g/mol. The first kappa shape index (κ1) is 27.2. The number of fused-ring (bicyclic) bond motifs is 1. The first-order valence-corrected chi connectivity index (χ1v) is 15.2. The SMILES string of the molecule is O=C(Cc1cn2nc(-c3c(-c4ccc(F)cc4)nc(C4CC4)n3C3CCN(C4COC4)CC3)ccc2n1)c1ccnc(F)c1. The van der Waals surface area contributed by atoms with Gasteiger partial charge in [-0.3, -0.25) is 9.69 Å². The third-order valence-electron chi connectivity index (χ3n) is 9.00. The number of hydrogen-bond donors (Lipinski definition) is 0. The lowest BCUT2D eigenvalue weighted by Gasteiger charge is -2.42. The molecule has 4 aromatic heterocycles. The van der Waals surface area contributed by atoms with Gasteiger partial charge in [-0.25, -0.2) is 23.9 Å². The summed E-state index contributed by atoms with van der Waals surface area (Å²) in [4.78, 5) is 28.7. The van der Waals surface area contributed by atoms with E-state index in [2.05, 4.69) is 19.4 Å². The van der Waals surface area contributed by atoms with Crippen LogP contribution in [0.3, 0.4) is 0 Å². The highest BCUT2D eigenvalue weighted by molar-refractivity contribution is 5.97. The summed E-state index contributed by atoms with van der Waals surface area (Å²) in [6.07, 6.45) is 7.23. The van der Waals surface area contributed by atoms with Gasteiger partial charge in [-0.15, -0.1) is 0 Å². The fourth-order valence-electron chi connectivity index (χ4n) is 6.43. The molecule has 9 nitrogen and oxygen atoms in total. The monoisotopic (exact) mass is 595 g/mol. The van der Waals surface area contributed by atoms with E-state index in [0.29, 0.717) is 23.3 Å². The predicted octanol–water partition coefficient (Wildman–Crippen LogP) is 5.27. The molecule has 2 aliphatic heterocycles. The summed E-state index contributed by atoms with van der Waals surface area (Å²) < 4.78 is 37.1. The fraction of sp³-hybridized carbons (Fsp3) is 0.364. The van der Waals surface area contributed by atoms with Gasteiger partial charge >= 0.3 is 0 Å². The third kappa shape index (κ3) is 5.09. The average molecular weight is 596 g/mol. The number of likely N-dealkylation sites (tertiary alicyclic amines) is 1. The molecule has 2 saturated heterocycles. The van der Waals surface area contributed by atoms with Gasteiger partial charge in [0.2, 0.25) is 5.95 Å². The van der Waals surface area contributed by atoms with Crippen LogP contribution in [0.5, 0.6) is 0 Å². The highest BCUT2D eigenvalue weighted by Crippen LogP contribution is 2.46. The maximum Gasteiger partial charge on any atom is 0.213 e. The second-order valence-electron chi connectivity index (χ2n) is 12.0. The molecule has 5 aromatic rings. The summed E-state index contributed by atoms with van der Waals surface area (Å²) in [6.45, 7) is 3.62. The van der Waals surface area contributed by atoms with Crippen LogP contribution < -0.4 is 0 Å². The number of rotatable bonds is 8. The maximum absolute atomic E-state index is 14.0. The average Bonchev–Trinajstić information content (AvgIpc) is 3.65. The van der Waals surface area contributed by atoms with E-state index in [4.69, 9.17) is 14.8 Å². The molecule has 0 bridgehead atoms. The van der Waals surface area contributed by atoms with Gasteiger partial charge in [0.25, 0.3) is 0 Å². The smallest absolute Gasteiger partial charge is 0.213 e. The second kappa shape index (κ2) is 11.0. The number of Topliss-reactive ketones (excluding diaryl/α,β-unsaturated/α-hetero) is 1. The number of piperidine rings is 1. The Morgan fingerprint density at radius 1 is 0.932 bits per heavy atom. The van der Waals surface area contributed by atoms with Crippen molar-refractivity contribution >= 4 is 11.4 Å². The number of pyridine rings is 1. The van der Waals surface area contributed by atoms with Crippen molar-refractivity contribution in [1.82, 2.24) is 34.0 Å². The van der Waals surface area contributed by atoms with E-state index in [1.165, 1.54) is 24.4 Å². The lowest BCUT2D eigenvalue weighted by atomic mass is 10.0. The van der Waals surface area contributed by atoms with Crippen LogP contribution in [0.15, 0.2) is 60.9 Å². The Labute approximate surface area is 252 Å². The summed E-state index contributed by atoms with van der Waals surface area (Å²) in [5.74, 6) is 0.236. The summed E-state index contributed by atoms with van der Waals surface area (Å²) in [5, 5.41) is 4.99. The number of benzene rings is 1. The predicted molar refractivity (Wildman–Crippen MR) is 158 cm³/mol. The number of ketones is 1. The van der Waals surface area contributed by atoms with Crippen molar-refractivity contribution in [3.05, 3.63) is 89.8 Å². The molecular formula is C33H31F2N7O2. The molecule has 0 spiro atoms. The van der Waals surface area contributed by atoms with Crippen molar-refractivity contribution < 1.29 is 18.3 Å². The van der Waals surface area contributed by atoms with E-state index in [0.717, 1.165) is 86.5 Å². The zero-order chi connectivity index (χ0) is 29.8. The third-order valence-corrected chi connectivity index (χ3v) is 9.00. The lowest BCUT2D eigenvalue weighted by Crippen LogP contribution is -2.52. The molecule has 3 aliphatic rings. The Kier molecular flexibility index (Phi) is 6.79. The minimum absolute atomic E-state index is 0.0113. The molecule has 1 saturated carbocycles. The second-order valence-corrected chi connectivity index (χ2v) is 12.0. The molecule has 0 amide bonds. The molecule has 8 rings (SSSR count). The molecule has 6 heterocycles. The quantitative estimate of drug-likeness (QED) is 0.178. The van der Waals surface area contributed by atoms with Crippen LogP contribution in [0, 0.1) is 11.8 Å². The Morgan fingerprint density at radius 3 is 2.43 bits per heavy atom. The Hall–Kier alpha value is -4.35. The number of aromatic nitrogens is 6. The van der Waals surface area contributed by atoms with Gasteiger partial charge in [-0.2, -0.15) is 9.49 Å². The molecule has 0 atom stereocenters. The first-order valence-electron chi connectivity index (χ1n) is 15.2. The Balaban J connectivity index is 1.18. The van der Waals surface area contributed by atoms with Gasteiger partial charge in [0.1, 0.15) is 17.3 Å². The van der Waals surface area contributed by atoms with Gasteiger partial charge in [0.15, 0.2) is 11.4 Å². The standard InChI is InChI=1S/C33H31F2N7O2/c34-23-5-3-20(4-6-23)31-32(42(33(38-31)21-1-2-21)25-10-13-40(14-11-25)26-18-44-19-26)27-7-8-30-37-24(17-41(30)39-27)16-28(43)22-9-12-36-29(35)15-22/h3-9,12,15,17,21,25-26H,1-2,10-11,13-14,16,18-19H2. The molecule has 1 aromatic carbocycles. The van der Waals surface area contributed by atoms with E-state index in [-0.39, 0.29) is 29.6 Å². The van der Waals surface area contributed by atoms with Gasteiger partial charge in [-0.05, 0) is 68.1 Å². The largest absolute Gasteiger partial charge is 0.378 e. The number of carbonyl (C=O) groups is 1. The minimum Gasteiger partial charge on any atom is -0.378 e. The van der Waals surface area contributed by atoms with Crippen molar-refractivity contribution in [2.24, 2.45) is 0 Å². The van der Waals surface area contributed by atoms with Crippen molar-refractivity contribution in [2.75, 3.05) is 26.3 Å². The van der Waals surface area contributed by atoms with Gasteiger partial charge in [0, 0.05) is 48.4 Å². The number of hydrogen-bond acceptors (Lipinski definition) is 7. The van der Waals surface area contributed by atoms with Crippen molar-refractivity contribution in [2.45, 2.75) is 50.1 Å².